The Morgan fingerprint density at radius 1 is 0.625 bits per heavy atom. The summed E-state index contributed by atoms with van der Waals surface area (Å²) in [6.07, 6.45) is 0. The molecule has 0 saturated heterocycles. The summed E-state index contributed by atoms with van der Waals surface area (Å²) in [4.78, 5) is 12.3. The maximum Gasteiger partial charge on any atom is 0.156 e. The summed E-state index contributed by atoms with van der Waals surface area (Å²) in [5, 5.41) is 0. The van der Waals surface area contributed by atoms with Crippen molar-refractivity contribution in [2.75, 3.05) is 0 Å². The Morgan fingerprint density at radius 2 is 0.938 bits per heavy atom. The molecule has 76 valence electrons. The van der Waals surface area contributed by atoms with Gasteiger partial charge in [-0.25, -0.2) is 0 Å². The largest absolute Gasteiger partial charge is 0.298 e. The summed E-state index contributed by atoms with van der Waals surface area (Å²) >= 11 is 0. The monoisotopic (exact) mass is 206 g/mol. The summed E-state index contributed by atoms with van der Waals surface area (Å²) in [5.74, 6) is 0.386. The Balaban J connectivity index is 2.08. The van der Waals surface area contributed by atoms with Crippen molar-refractivity contribution in [1.82, 2.24) is 0 Å². The van der Waals surface area contributed by atoms with E-state index in [0.717, 1.165) is 0 Å². The van der Waals surface area contributed by atoms with Gasteiger partial charge in [0.05, 0.1) is 11.8 Å². The summed E-state index contributed by atoms with van der Waals surface area (Å²) in [6.45, 7) is 0. The van der Waals surface area contributed by atoms with Crippen LogP contribution in [-0.4, -0.2) is 5.78 Å². The first-order valence-corrected chi connectivity index (χ1v) is 5.59. The number of ketones is 1. The quantitative estimate of drug-likeness (QED) is 0.647. The number of hydrogen-bond donors (Lipinski definition) is 0. The Bertz CT molecular complexity index is 513. The van der Waals surface area contributed by atoms with Crippen molar-refractivity contribution in [3.05, 3.63) is 70.8 Å². The SMILES string of the molecule is O=C1[C@H]2c3ccccc3[C@@H]1c1ccccc12. The normalized spacial score (nSPS) is 24.4. The molecule has 0 spiro atoms. The third kappa shape index (κ3) is 0.768. The Kier molecular flexibility index (Phi) is 1.35. The molecule has 2 aliphatic rings. The molecule has 0 amide bonds. The molecule has 0 saturated carbocycles. The van der Waals surface area contributed by atoms with Crippen LogP contribution in [-0.2, 0) is 4.79 Å². The van der Waals surface area contributed by atoms with Gasteiger partial charge in [-0.3, -0.25) is 4.79 Å². The zero-order chi connectivity index (χ0) is 10.7. The molecule has 0 aliphatic heterocycles. The molecule has 2 aromatic rings. The predicted octanol–water partition coefficient (Wildman–Crippen LogP) is 2.85. The van der Waals surface area contributed by atoms with Gasteiger partial charge in [-0.15, -0.1) is 0 Å². The molecule has 0 fully saturated rings. The van der Waals surface area contributed by atoms with Gasteiger partial charge in [-0.1, -0.05) is 48.5 Å². The number of benzene rings is 2. The molecular weight excluding hydrogens is 196 g/mol. The number of rotatable bonds is 0. The summed E-state index contributed by atoms with van der Waals surface area (Å²) < 4.78 is 0. The van der Waals surface area contributed by atoms with E-state index in [1.54, 1.807) is 0 Å². The highest BCUT2D eigenvalue weighted by atomic mass is 16.1. The van der Waals surface area contributed by atoms with E-state index in [1.807, 2.05) is 24.3 Å². The van der Waals surface area contributed by atoms with E-state index >= 15 is 0 Å². The third-order valence-corrected chi connectivity index (χ3v) is 3.81. The molecule has 0 radical (unpaired) electrons. The van der Waals surface area contributed by atoms with Gasteiger partial charge in [-0.05, 0) is 22.3 Å². The van der Waals surface area contributed by atoms with Gasteiger partial charge in [0.25, 0.3) is 0 Å². The van der Waals surface area contributed by atoms with Crippen LogP contribution in [0, 0.1) is 0 Å². The number of fused-ring (bicyclic) bond motifs is 8. The fourth-order valence-corrected chi connectivity index (χ4v) is 3.19. The van der Waals surface area contributed by atoms with Crippen molar-refractivity contribution in [2.45, 2.75) is 11.8 Å². The zero-order valence-electron chi connectivity index (χ0n) is 8.68. The molecule has 0 N–H and O–H groups in total. The Hall–Kier alpha value is -1.89. The van der Waals surface area contributed by atoms with E-state index in [-0.39, 0.29) is 11.8 Å². The van der Waals surface area contributed by atoms with Crippen LogP contribution in [0.3, 0.4) is 0 Å². The molecule has 1 nitrogen and oxygen atoms in total. The molecule has 4 rings (SSSR count). The lowest BCUT2D eigenvalue weighted by molar-refractivity contribution is -0.118. The van der Waals surface area contributed by atoms with Crippen LogP contribution in [0.25, 0.3) is 0 Å². The van der Waals surface area contributed by atoms with Crippen LogP contribution >= 0.6 is 0 Å². The first-order chi connectivity index (χ1) is 7.88. The molecule has 0 heterocycles. The fraction of sp³-hybridized carbons (Fsp3) is 0.133. The molecule has 0 aromatic heterocycles. The van der Waals surface area contributed by atoms with E-state index in [4.69, 9.17) is 0 Å². The van der Waals surface area contributed by atoms with Crippen molar-refractivity contribution < 1.29 is 4.79 Å². The number of Topliss-reactive ketones (excluding diaryl/α,β-unsaturated/α-hetero) is 1. The molecule has 1 heteroatoms. The Labute approximate surface area is 93.7 Å². The minimum Gasteiger partial charge on any atom is -0.298 e. The molecule has 2 aliphatic carbocycles. The second-order valence-corrected chi connectivity index (χ2v) is 4.53. The first kappa shape index (κ1) is 8.28. The second-order valence-electron chi connectivity index (χ2n) is 4.53. The van der Waals surface area contributed by atoms with Gasteiger partial charge in [-0.2, -0.15) is 0 Å². The molecule has 2 aromatic carbocycles. The lowest BCUT2D eigenvalue weighted by Gasteiger charge is -2.16. The molecule has 0 unspecified atom stereocenters. The van der Waals surface area contributed by atoms with Gasteiger partial charge in [0.1, 0.15) is 0 Å². The molecule has 16 heavy (non-hydrogen) atoms. The van der Waals surface area contributed by atoms with Gasteiger partial charge < -0.3 is 0 Å². The standard InChI is InChI=1S/C15H10O/c16-15-13-9-5-1-2-6-10(9)14(15)12-8-4-3-7-11(12)13/h1-8,13-14H/t13-,14+. The second kappa shape index (κ2) is 2.62. The lowest BCUT2D eigenvalue weighted by Crippen LogP contribution is -2.01. The average Bonchev–Trinajstić information content (AvgIpc) is 2.78. The highest BCUT2D eigenvalue weighted by Gasteiger charge is 2.48. The minimum atomic E-state index is 0.0115. The van der Waals surface area contributed by atoms with Crippen LogP contribution in [0.4, 0.5) is 0 Å². The zero-order valence-corrected chi connectivity index (χ0v) is 8.68. The van der Waals surface area contributed by atoms with Crippen molar-refractivity contribution in [2.24, 2.45) is 0 Å². The lowest BCUT2D eigenvalue weighted by atomic mass is 9.86. The van der Waals surface area contributed by atoms with E-state index in [0.29, 0.717) is 5.78 Å². The molecule has 0 atom stereocenters. The van der Waals surface area contributed by atoms with E-state index < -0.39 is 0 Å². The van der Waals surface area contributed by atoms with Gasteiger partial charge >= 0.3 is 0 Å². The van der Waals surface area contributed by atoms with Crippen molar-refractivity contribution in [1.29, 1.82) is 0 Å². The topological polar surface area (TPSA) is 17.1 Å². The van der Waals surface area contributed by atoms with Crippen molar-refractivity contribution in [3.8, 4) is 0 Å². The van der Waals surface area contributed by atoms with Crippen LogP contribution < -0.4 is 0 Å². The summed E-state index contributed by atoms with van der Waals surface area (Å²) in [5.41, 5.74) is 4.87. The van der Waals surface area contributed by atoms with Gasteiger partial charge in [0, 0.05) is 0 Å². The van der Waals surface area contributed by atoms with Gasteiger partial charge in [0.15, 0.2) is 5.78 Å². The Morgan fingerprint density at radius 3 is 1.25 bits per heavy atom. The number of hydrogen-bond acceptors (Lipinski definition) is 1. The van der Waals surface area contributed by atoms with E-state index in [1.165, 1.54) is 22.3 Å². The van der Waals surface area contributed by atoms with Crippen molar-refractivity contribution >= 4 is 5.78 Å². The van der Waals surface area contributed by atoms with E-state index in [2.05, 4.69) is 24.3 Å². The predicted molar refractivity (Wildman–Crippen MR) is 61.6 cm³/mol. The van der Waals surface area contributed by atoms with Crippen molar-refractivity contribution in [3.63, 3.8) is 0 Å². The molecular formula is C15H10O. The maximum absolute atomic E-state index is 12.3. The van der Waals surface area contributed by atoms with E-state index in [9.17, 15) is 4.79 Å². The highest BCUT2D eigenvalue weighted by Crippen LogP contribution is 2.53. The highest BCUT2D eigenvalue weighted by molar-refractivity contribution is 6.06. The van der Waals surface area contributed by atoms with Crippen LogP contribution in [0.2, 0.25) is 0 Å². The van der Waals surface area contributed by atoms with Crippen LogP contribution in [0.1, 0.15) is 34.1 Å². The van der Waals surface area contributed by atoms with Gasteiger partial charge in [0.2, 0.25) is 0 Å². The fourth-order valence-electron chi connectivity index (χ4n) is 3.19. The average molecular weight is 206 g/mol. The number of carbonyl (C=O) groups excluding carboxylic acids is 1. The molecule has 2 bridgehead atoms. The van der Waals surface area contributed by atoms with Crippen LogP contribution in [0.15, 0.2) is 48.5 Å². The number of carbonyl (C=O) groups is 1. The minimum absolute atomic E-state index is 0.0115. The summed E-state index contributed by atoms with van der Waals surface area (Å²) in [7, 11) is 0. The smallest absolute Gasteiger partial charge is 0.156 e. The first-order valence-electron chi connectivity index (χ1n) is 5.59. The third-order valence-electron chi connectivity index (χ3n) is 3.81. The maximum atomic E-state index is 12.3. The summed E-state index contributed by atoms with van der Waals surface area (Å²) in [6, 6.07) is 16.5. The van der Waals surface area contributed by atoms with Crippen LogP contribution in [0.5, 0.6) is 0 Å².